The van der Waals surface area contributed by atoms with E-state index < -0.39 is 0 Å². The van der Waals surface area contributed by atoms with Crippen LogP contribution in [0.2, 0.25) is 0 Å². The zero-order valence-corrected chi connectivity index (χ0v) is 15.1. The van der Waals surface area contributed by atoms with Crippen LogP contribution in [-0.4, -0.2) is 29.3 Å². The second-order valence-corrected chi connectivity index (χ2v) is 6.71. The van der Waals surface area contributed by atoms with E-state index in [2.05, 4.69) is 34.5 Å². The van der Waals surface area contributed by atoms with E-state index >= 15 is 0 Å². The minimum Gasteiger partial charge on any atom is -0.374 e. The van der Waals surface area contributed by atoms with Gasteiger partial charge in [-0.05, 0) is 55.7 Å². The van der Waals surface area contributed by atoms with E-state index in [9.17, 15) is 4.79 Å². The molecule has 0 aliphatic carbocycles. The Hall–Kier alpha value is -3.08. The highest BCUT2D eigenvalue weighted by Crippen LogP contribution is 2.28. The molecule has 5 nitrogen and oxygen atoms in total. The molecule has 3 aromatic rings. The third-order valence-electron chi connectivity index (χ3n) is 4.94. The van der Waals surface area contributed by atoms with Crippen LogP contribution in [0.4, 0.5) is 11.4 Å². The van der Waals surface area contributed by atoms with Gasteiger partial charge in [-0.15, -0.1) is 0 Å². The maximum atomic E-state index is 12.7. The molecule has 5 heteroatoms. The van der Waals surface area contributed by atoms with Crippen molar-refractivity contribution in [1.29, 1.82) is 0 Å². The molecule has 1 aliphatic rings. The van der Waals surface area contributed by atoms with Crippen LogP contribution in [0.1, 0.15) is 28.0 Å². The lowest BCUT2D eigenvalue weighted by Crippen LogP contribution is -2.24. The Kier molecular flexibility index (Phi) is 4.21. The van der Waals surface area contributed by atoms with Gasteiger partial charge in [-0.2, -0.15) is 5.10 Å². The Morgan fingerprint density at radius 2 is 1.96 bits per heavy atom. The minimum absolute atomic E-state index is 0.131. The van der Waals surface area contributed by atoms with Crippen LogP contribution >= 0.6 is 0 Å². The number of carbonyl (C=O) groups excluding carboxylic acids is 1. The van der Waals surface area contributed by atoms with E-state index in [1.165, 1.54) is 11.3 Å². The first-order chi connectivity index (χ1) is 12.6. The summed E-state index contributed by atoms with van der Waals surface area (Å²) in [4.78, 5) is 15.0. The van der Waals surface area contributed by atoms with Crippen molar-refractivity contribution < 1.29 is 4.79 Å². The number of anilines is 2. The van der Waals surface area contributed by atoms with Gasteiger partial charge in [-0.3, -0.25) is 4.79 Å². The van der Waals surface area contributed by atoms with Crippen LogP contribution in [0.15, 0.2) is 54.7 Å². The van der Waals surface area contributed by atoms with Gasteiger partial charge in [0.1, 0.15) is 0 Å². The Morgan fingerprint density at radius 3 is 2.77 bits per heavy atom. The fourth-order valence-electron chi connectivity index (χ4n) is 3.52. The number of nitrogens with one attached hydrogen (secondary N) is 1. The van der Waals surface area contributed by atoms with Crippen LogP contribution in [0.3, 0.4) is 0 Å². The number of hydrogen-bond acceptors (Lipinski definition) is 3. The molecule has 0 spiro atoms. The van der Waals surface area contributed by atoms with Crippen molar-refractivity contribution in [2.24, 2.45) is 0 Å². The highest BCUT2D eigenvalue weighted by molar-refractivity contribution is 6.05. The minimum atomic E-state index is -0.131. The lowest BCUT2D eigenvalue weighted by molar-refractivity contribution is 0.102. The second-order valence-electron chi connectivity index (χ2n) is 6.71. The zero-order chi connectivity index (χ0) is 18.1. The highest BCUT2D eigenvalue weighted by atomic mass is 16.1. The summed E-state index contributed by atoms with van der Waals surface area (Å²) in [6.07, 6.45) is 3.82. The quantitative estimate of drug-likeness (QED) is 0.784. The van der Waals surface area contributed by atoms with E-state index in [0.29, 0.717) is 5.56 Å². The van der Waals surface area contributed by atoms with E-state index in [1.54, 1.807) is 10.9 Å². The van der Waals surface area contributed by atoms with Crippen molar-refractivity contribution in [3.63, 3.8) is 0 Å². The number of benzene rings is 2. The van der Waals surface area contributed by atoms with Crippen molar-refractivity contribution in [3.8, 4) is 5.69 Å². The van der Waals surface area contributed by atoms with Gasteiger partial charge >= 0.3 is 0 Å². The summed E-state index contributed by atoms with van der Waals surface area (Å²) in [5.41, 5.74) is 5.72. The normalized spacial score (nSPS) is 13.4. The second kappa shape index (κ2) is 6.67. The molecule has 0 bridgehead atoms. The largest absolute Gasteiger partial charge is 0.374 e. The summed E-state index contributed by atoms with van der Waals surface area (Å²) in [5, 5.41) is 7.40. The van der Waals surface area contributed by atoms with Gasteiger partial charge < -0.3 is 10.2 Å². The summed E-state index contributed by atoms with van der Waals surface area (Å²) in [5.74, 6) is -0.131. The molecule has 1 aromatic heterocycles. The van der Waals surface area contributed by atoms with Crippen molar-refractivity contribution in [2.45, 2.75) is 19.8 Å². The van der Waals surface area contributed by atoms with Crippen molar-refractivity contribution in [1.82, 2.24) is 9.78 Å². The van der Waals surface area contributed by atoms with Gasteiger partial charge in [-0.1, -0.05) is 18.2 Å². The van der Waals surface area contributed by atoms with Gasteiger partial charge in [0, 0.05) is 25.0 Å². The van der Waals surface area contributed by atoms with Crippen molar-refractivity contribution in [3.05, 3.63) is 71.5 Å². The molecule has 0 fully saturated rings. The number of para-hydroxylation sites is 1. The summed E-state index contributed by atoms with van der Waals surface area (Å²) < 4.78 is 1.79. The molecule has 0 atom stereocenters. The average molecular weight is 346 g/mol. The Labute approximate surface area is 153 Å². The summed E-state index contributed by atoms with van der Waals surface area (Å²) in [6.45, 7) is 2.99. The molecule has 2 heterocycles. The molecule has 132 valence electrons. The smallest absolute Gasteiger partial charge is 0.259 e. The maximum Gasteiger partial charge on any atom is 0.259 e. The summed E-state index contributed by atoms with van der Waals surface area (Å²) in [6, 6.07) is 16.0. The van der Waals surface area contributed by atoms with Gasteiger partial charge in [0.2, 0.25) is 0 Å². The molecule has 1 N–H and O–H groups in total. The molecular formula is C21H22N4O. The van der Waals surface area contributed by atoms with Crippen molar-refractivity contribution in [2.75, 3.05) is 23.8 Å². The molecule has 1 amide bonds. The Bertz CT molecular complexity index is 946. The molecule has 0 saturated carbocycles. The predicted octanol–water partition coefficient (Wildman–Crippen LogP) is 3.82. The molecule has 1 aliphatic heterocycles. The third kappa shape index (κ3) is 2.96. The Morgan fingerprint density at radius 1 is 1.15 bits per heavy atom. The zero-order valence-electron chi connectivity index (χ0n) is 15.1. The number of amides is 1. The molecule has 0 saturated heterocycles. The number of carbonyl (C=O) groups is 1. The number of nitrogens with zero attached hydrogens (tertiary/aromatic N) is 3. The number of aryl methyl sites for hydroxylation is 1. The first kappa shape index (κ1) is 16.4. The third-order valence-corrected chi connectivity index (χ3v) is 4.94. The van der Waals surface area contributed by atoms with E-state index in [4.69, 9.17) is 0 Å². The van der Waals surface area contributed by atoms with Crippen LogP contribution in [0, 0.1) is 6.92 Å². The van der Waals surface area contributed by atoms with Gasteiger partial charge in [0.05, 0.1) is 23.1 Å². The molecule has 2 aromatic carbocycles. The average Bonchev–Trinajstić information content (AvgIpc) is 3.04. The van der Waals surface area contributed by atoms with Crippen molar-refractivity contribution >= 4 is 17.3 Å². The lowest BCUT2D eigenvalue weighted by Gasteiger charge is -2.27. The molecule has 26 heavy (non-hydrogen) atoms. The van der Waals surface area contributed by atoms with Crippen LogP contribution in [0.5, 0.6) is 0 Å². The fourth-order valence-corrected chi connectivity index (χ4v) is 3.52. The number of aromatic nitrogens is 2. The summed E-state index contributed by atoms with van der Waals surface area (Å²) >= 11 is 0. The standard InChI is InChI=1S/C21H22N4O/c1-15-19(14-22-25(15)18-8-4-3-5-9-18)21(26)23-17-10-11-20-16(13-17)7-6-12-24(20)2/h3-5,8-11,13-14H,6-7,12H2,1-2H3,(H,23,26). The number of fused-ring (bicyclic) bond motifs is 1. The van der Waals surface area contributed by atoms with Gasteiger partial charge in [-0.25, -0.2) is 4.68 Å². The van der Waals surface area contributed by atoms with Crippen LogP contribution in [0.25, 0.3) is 5.69 Å². The molecule has 0 unspecified atom stereocenters. The molecule has 4 rings (SSSR count). The van der Waals surface area contributed by atoms with Crippen LogP contribution < -0.4 is 10.2 Å². The monoisotopic (exact) mass is 346 g/mol. The predicted molar refractivity (Wildman–Crippen MR) is 104 cm³/mol. The number of rotatable bonds is 3. The molecular weight excluding hydrogens is 324 g/mol. The molecule has 0 radical (unpaired) electrons. The van der Waals surface area contributed by atoms with Gasteiger partial charge in [0.25, 0.3) is 5.91 Å². The lowest BCUT2D eigenvalue weighted by atomic mass is 10.0. The van der Waals surface area contributed by atoms with E-state index in [0.717, 1.165) is 36.5 Å². The highest BCUT2D eigenvalue weighted by Gasteiger charge is 2.17. The fraction of sp³-hybridized carbons (Fsp3) is 0.238. The van der Waals surface area contributed by atoms with E-state index in [-0.39, 0.29) is 5.91 Å². The maximum absolute atomic E-state index is 12.7. The summed E-state index contributed by atoms with van der Waals surface area (Å²) in [7, 11) is 2.11. The first-order valence-corrected chi connectivity index (χ1v) is 8.89. The SMILES string of the molecule is Cc1c(C(=O)Nc2ccc3c(c2)CCCN3C)cnn1-c1ccccc1. The van der Waals surface area contributed by atoms with Crippen LogP contribution in [-0.2, 0) is 6.42 Å². The topological polar surface area (TPSA) is 50.2 Å². The number of hydrogen-bond donors (Lipinski definition) is 1. The van der Waals surface area contributed by atoms with Gasteiger partial charge in [0.15, 0.2) is 0 Å². The Balaban J connectivity index is 1.57. The first-order valence-electron chi connectivity index (χ1n) is 8.89. The van der Waals surface area contributed by atoms with E-state index in [1.807, 2.05) is 43.3 Å².